The van der Waals surface area contributed by atoms with Gasteiger partial charge in [0, 0.05) is 19.9 Å². The van der Waals surface area contributed by atoms with Crippen LogP contribution in [0.25, 0.3) is 0 Å². The largest absolute Gasteiger partial charge is 0.389 e. The van der Waals surface area contributed by atoms with Crippen molar-refractivity contribution >= 4 is 11.8 Å². The summed E-state index contributed by atoms with van der Waals surface area (Å²) in [5, 5.41) is 16.6. The molecule has 0 aromatic carbocycles. The maximum absolute atomic E-state index is 12.0. The summed E-state index contributed by atoms with van der Waals surface area (Å²) in [6.45, 7) is 7.84. The number of fused-ring (bicyclic) bond motifs is 5. The summed E-state index contributed by atoms with van der Waals surface area (Å²) < 4.78 is 0. The van der Waals surface area contributed by atoms with Crippen molar-refractivity contribution in [3.8, 4) is 0 Å². The van der Waals surface area contributed by atoms with Gasteiger partial charge >= 0.3 is 0 Å². The molecule has 3 N–H and O–H groups in total. The molecule has 4 rings (SSSR count). The molecular weight excluding hydrogens is 352 g/mol. The Balaban J connectivity index is 1.71. The van der Waals surface area contributed by atoms with E-state index in [-0.39, 0.29) is 40.8 Å². The Hall–Kier alpha value is -1.62. The van der Waals surface area contributed by atoms with Crippen LogP contribution in [0.2, 0.25) is 0 Å². The first-order valence-electron chi connectivity index (χ1n) is 10.7. The second-order valence-corrected chi connectivity index (χ2v) is 10.1. The fourth-order valence-corrected chi connectivity index (χ4v) is 7.10. The van der Waals surface area contributed by atoms with Gasteiger partial charge in [-0.2, -0.15) is 0 Å². The molecule has 2 fully saturated rings. The number of hydrogen-bond donors (Lipinski definition) is 3. The highest BCUT2D eigenvalue weighted by molar-refractivity contribution is 5.74. The van der Waals surface area contributed by atoms with Crippen molar-refractivity contribution in [3.63, 3.8) is 0 Å². The fraction of sp³-hybridized carbons (Fsp3) is 0.739. The van der Waals surface area contributed by atoms with Gasteiger partial charge in [-0.25, -0.2) is 0 Å². The molecule has 0 radical (unpaired) electrons. The Morgan fingerprint density at radius 3 is 2.43 bits per heavy atom. The van der Waals surface area contributed by atoms with E-state index in [2.05, 4.69) is 42.7 Å². The number of rotatable bonds is 2. The van der Waals surface area contributed by atoms with Crippen LogP contribution in [-0.2, 0) is 9.59 Å². The molecular formula is C23H34N2O3. The first-order chi connectivity index (χ1) is 13.1. The lowest BCUT2D eigenvalue weighted by Crippen LogP contribution is -2.62. The second kappa shape index (κ2) is 6.72. The molecule has 2 saturated carbocycles. The summed E-state index contributed by atoms with van der Waals surface area (Å²) in [6.07, 6.45) is 12.2. The molecule has 5 heteroatoms. The van der Waals surface area contributed by atoms with Gasteiger partial charge in [-0.15, -0.1) is 0 Å². The van der Waals surface area contributed by atoms with Gasteiger partial charge in [-0.05, 0) is 60.2 Å². The molecule has 154 valence electrons. The van der Waals surface area contributed by atoms with E-state index in [1.807, 2.05) is 6.08 Å². The zero-order valence-corrected chi connectivity index (χ0v) is 17.4. The number of allylic oxidation sites excluding steroid dienone is 2. The third-order valence-electron chi connectivity index (χ3n) is 8.49. The number of carbonyl (C=O) groups excluding carboxylic acids is 2. The van der Waals surface area contributed by atoms with E-state index < -0.39 is 0 Å². The molecule has 0 aliphatic heterocycles. The van der Waals surface area contributed by atoms with Crippen LogP contribution in [0.4, 0.5) is 0 Å². The van der Waals surface area contributed by atoms with E-state index in [1.165, 1.54) is 0 Å². The number of hydrogen-bond acceptors (Lipinski definition) is 3. The molecule has 4 aliphatic rings. The lowest BCUT2D eigenvalue weighted by molar-refractivity contribution is -0.127. The summed E-state index contributed by atoms with van der Waals surface area (Å²) in [7, 11) is 0. The molecule has 28 heavy (non-hydrogen) atoms. The maximum Gasteiger partial charge on any atom is 0.217 e. The van der Waals surface area contributed by atoms with Gasteiger partial charge < -0.3 is 15.7 Å². The molecule has 4 unspecified atom stereocenters. The van der Waals surface area contributed by atoms with Crippen LogP contribution in [0.3, 0.4) is 0 Å². The number of aliphatic hydroxyl groups excluding tert-OH is 1. The van der Waals surface area contributed by atoms with Gasteiger partial charge in [0.25, 0.3) is 0 Å². The van der Waals surface area contributed by atoms with Crippen LogP contribution in [-0.4, -0.2) is 35.1 Å². The van der Waals surface area contributed by atoms with Crippen LogP contribution < -0.4 is 10.6 Å². The number of aliphatic hydroxyl groups is 1. The summed E-state index contributed by atoms with van der Waals surface area (Å²) in [5.41, 5.74) is 0.0464. The molecule has 0 spiro atoms. The maximum atomic E-state index is 12.0. The SMILES string of the molecule is CC(=O)NC1CC2CC(O)C=C[C@]2(C)[C@@H]2CC[C@]3(C)C(NC(C)=O)C=C[C@H]3[C@H]12. The van der Waals surface area contributed by atoms with E-state index in [0.29, 0.717) is 23.7 Å². The molecule has 2 amide bonds. The molecule has 0 aromatic rings. The van der Waals surface area contributed by atoms with Gasteiger partial charge in [0.05, 0.1) is 12.1 Å². The normalized spacial score (nSPS) is 49.0. The second-order valence-electron chi connectivity index (χ2n) is 10.1. The smallest absolute Gasteiger partial charge is 0.217 e. The minimum atomic E-state index is -0.378. The first-order valence-corrected chi connectivity index (χ1v) is 10.7. The van der Waals surface area contributed by atoms with Gasteiger partial charge in [0.15, 0.2) is 0 Å². The van der Waals surface area contributed by atoms with Crippen LogP contribution in [0, 0.1) is 34.5 Å². The molecule has 4 aliphatic carbocycles. The van der Waals surface area contributed by atoms with Crippen LogP contribution in [0.5, 0.6) is 0 Å². The Bertz CT molecular complexity index is 731. The van der Waals surface area contributed by atoms with Gasteiger partial charge in [0.1, 0.15) is 0 Å². The first kappa shape index (κ1) is 19.7. The van der Waals surface area contributed by atoms with E-state index >= 15 is 0 Å². The lowest BCUT2D eigenvalue weighted by atomic mass is 9.45. The van der Waals surface area contributed by atoms with Gasteiger partial charge in [-0.3, -0.25) is 9.59 Å². The zero-order chi connectivity index (χ0) is 20.3. The Morgan fingerprint density at radius 2 is 1.75 bits per heavy atom. The van der Waals surface area contributed by atoms with E-state index in [0.717, 1.165) is 25.7 Å². The summed E-state index contributed by atoms with van der Waals surface area (Å²) in [4.78, 5) is 23.8. The third-order valence-corrected chi connectivity index (χ3v) is 8.49. The molecule has 0 saturated heterocycles. The molecule has 5 nitrogen and oxygen atoms in total. The minimum Gasteiger partial charge on any atom is -0.389 e. The van der Waals surface area contributed by atoms with Crippen molar-refractivity contribution in [1.29, 1.82) is 0 Å². The monoisotopic (exact) mass is 386 g/mol. The number of amides is 2. The quantitative estimate of drug-likeness (QED) is 0.638. The summed E-state index contributed by atoms with van der Waals surface area (Å²) >= 11 is 0. The molecule has 9 atom stereocenters. The Kier molecular flexibility index (Phi) is 4.72. The summed E-state index contributed by atoms with van der Waals surface area (Å²) in [5.74, 6) is 1.55. The minimum absolute atomic E-state index is 0.00928. The van der Waals surface area contributed by atoms with Crippen molar-refractivity contribution < 1.29 is 14.7 Å². The van der Waals surface area contributed by atoms with E-state index in [4.69, 9.17) is 0 Å². The average molecular weight is 387 g/mol. The predicted molar refractivity (Wildman–Crippen MR) is 108 cm³/mol. The Morgan fingerprint density at radius 1 is 1.04 bits per heavy atom. The van der Waals surface area contributed by atoms with Crippen LogP contribution >= 0.6 is 0 Å². The summed E-state index contributed by atoms with van der Waals surface area (Å²) in [6, 6.07) is 0.174. The van der Waals surface area contributed by atoms with Crippen molar-refractivity contribution in [2.24, 2.45) is 34.5 Å². The lowest BCUT2D eigenvalue weighted by Gasteiger charge is -2.61. The van der Waals surface area contributed by atoms with E-state index in [1.54, 1.807) is 13.8 Å². The van der Waals surface area contributed by atoms with Crippen LogP contribution in [0.15, 0.2) is 24.3 Å². The molecule has 0 bridgehead atoms. The topological polar surface area (TPSA) is 78.4 Å². The average Bonchev–Trinajstić information content (AvgIpc) is 2.92. The third kappa shape index (κ3) is 2.94. The van der Waals surface area contributed by atoms with Crippen molar-refractivity contribution in [3.05, 3.63) is 24.3 Å². The highest BCUT2D eigenvalue weighted by atomic mass is 16.3. The highest BCUT2D eigenvalue weighted by Gasteiger charge is 2.61. The van der Waals surface area contributed by atoms with E-state index in [9.17, 15) is 14.7 Å². The molecule has 0 heterocycles. The standard InChI is InChI=1S/C23H34N2O3/c1-13(26)24-19-12-15-11-16(28)7-9-22(15,3)18-8-10-23(4)17(21(18)19)5-6-20(23)25-14(2)27/h5-7,9,15-21,28H,8,10-12H2,1-4H3,(H,24,26)(H,25,27)/t15?,16?,17-,18+,19?,20?,21-,22-,23-/m0/s1. The van der Waals surface area contributed by atoms with Crippen LogP contribution in [0.1, 0.15) is 53.4 Å². The highest BCUT2D eigenvalue weighted by Crippen LogP contribution is 2.63. The number of nitrogens with one attached hydrogen (secondary N) is 2. The van der Waals surface area contributed by atoms with Crippen molar-refractivity contribution in [2.45, 2.75) is 71.6 Å². The van der Waals surface area contributed by atoms with Crippen molar-refractivity contribution in [1.82, 2.24) is 10.6 Å². The van der Waals surface area contributed by atoms with Gasteiger partial charge in [-0.1, -0.05) is 38.2 Å². The van der Waals surface area contributed by atoms with Crippen molar-refractivity contribution in [2.75, 3.05) is 0 Å². The van der Waals surface area contributed by atoms with Gasteiger partial charge in [0.2, 0.25) is 11.8 Å². The predicted octanol–water partition coefficient (Wildman–Crippen LogP) is 2.56. The number of carbonyl (C=O) groups is 2. The zero-order valence-electron chi connectivity index (χ0n) is 17.4. The molecule has 0 aromatic heterocycles. The Labute approximate surface area is 168 Å². The fourth-order valence-electron chi connectivity index (χ4n) is 7.10.